The maximum Gasteiger partial charge on any atom is 0.253 e. The molecule has 0 saturated carbocycles. The van der Waals surface area contributed by atoms with Crippen molar-refractivity contribution < 1.29 is 9.53 Å². The van der Waals surface area contributed by atoms with E-state index < -0.39 is 0 Å². The van der Waals surface area contributed by atoms with Crippen molar-refractivity contribution in [3.05, 3.63) is 47.8 Å². The van der Waals surface area contributed by atoms with Crippen LogP contribution in [-0.2, 0) is 4.79 Å². The van der Waals surface area contributed by atoms with E-state index in [0.29, 0.717) is 24.1 Å². The van der Waals surface area contributed by atoms with Gasteiger partial charge in [0.2, 0.25) is 11.1 Å². The third-order valence-corrected chi connectivity index (χ3v) is 4.21. The molecule has 0 aliphatic heterocycles. The minimum Gasteiger partial charge on any atom is -0.492 e. The van der Waals surface area contributed by atoms with E-state index in [1.165, 1.54) is 11.8 Å². The molecule has 1 amide bonds. The molecule has 7 nitrogen and oxygen atoms in total. The number of amides is 1. The highest BCUT2D eigenvalue weighted by molar-refractivity contribution is 7.99. The maximum absolute atomic E-state index is 11.9. The van der Waals surface area contributed by atoms with Gasteiger partial charge in [-0.05, 0) is 32.0 Å². The Morgan fingerprint density at radius 3 is 2.84 bits per heavy atom. The van der Waals surface area contributed by atoms with Crippen LogP contribution in [0.25, 0.3) is 5.78 Å². The number of hydrogen-bond donors (Lipinski definition) is 1. The average molecular weight is 357 g/mol. The van der Waals surface area contributed by atoms with Crippen LogP contribution in [0.15, 0.2) is 41.6 Å². The molecule has 3 rings (SSSR count). The summed E-state index contributed by atoms with van der Waals surface area (Å²) in [6, 6.07) is 11.4. The molecule has 0 fully saturated rings. The Morgan fingerprint density at radius 2 is 2.04 bits per heavy atom. The van der Waals surface area contributed by atoms with Gasteiger partial charge in [-0.2, -0.15) is 4.98 Å². The summed E-state index contributed by atoms with van der Waals surface area (Å²) in [7, 11) is 0. The second-order valence-corrected chi connectivity index (χ2v) is 6.39. The first-order valence-corrected chi connectivity index (χ1v) is 8.89. The van der Waals surface area contributed by atoms with E-state index >= 15 is 0 Å². The van der Waals surface area contributed by atoms with Gasteiger partial charge in [-0.1, -0.05) is 30.0 Å². The van der Waals surface area contributed by atoms with E-state index in [9.17, 15) is 4.79 Å². The second kappa shape index (κ2) is 7.98. The third kappa shape index (κ3) is 4.69. The number of aromatic nitrogens is 4. The lowest BCUT2D eigenvalue weighted by Gasteiger charge is -2.06. The molecule has 1 N–H and O–H groups in total. The van der Waals surface area contributed by atoms with Crippen molar-refractivity contribution in [2.75, 3.05) is 18.9 Å². The van der Waals surface area contributed by atoms with Gasteiger partial charge in [0.25, 0.3) is 5.78 Å². The molecule has 25 heavy (non-hydrogen) atoms. The van der Waals surface area contributed by atoms with Crippen LogP contribution < -0.4 is 10.1 Å². The lowest BCUT2D eigenvalue weighted by atomic mass is 10.3. The molecule has 0 bridgehead atoms. The number of aryl methyl sites for hydroxylation is 2. The SMILES string of the molecule is Cc1cc(C)n2nc(SCC(=O)NCCOc3ccccc3)nc2n1. The van der Waals surface area contributed by atoms with Crippen molar-refractivity contribution in [2.45, 2.75) is 19.0 Å². The van der Waals surface area contributed by atoms with E-state index in [4.69, 9.17) is 4.74 Å². The summed E-state index contributed by atoms with van der Waals surface area (Å²) in [6.07, 6.45) is 0. The maximum atomic E-state index is 11.9. The standard InChI is InChI=1S/C17H19N5O2S/c1-12-10-13(2)22-16(19-12)20-17(21-22)25-11-15(23)18-8-9-24-14-6-4-3-5-7-14/h3-7,10H,8-9,11H2,1-2H3,(H,18,23). The molecule has 2 aromatic heterocycles. The smallest absolute Gasteiger partial charge is 0.253 e. The molecular weight excluding hydrogens is 338 g/mol. The van der Waals surface area contributed by atoms with Crippen molar-refractivity contribution in [1.29, 1.82) is 0 Å². The van der Waals surface area contributed by atoms with Crippen LogP contribution >= 0.6 is 11.8 Å². The highest BCUT2D eigenvalue weighted by atomic mass is 32.2. The number of thioether (sulfide) groups is 1. The van der Waals surface area contributed by atoms with Gasteiger partial charge >= 0.3 is 0 Å². The second-order valence-electron chi connectivity index (χ2n) is 5.45. The fourth-order valence-electron chi connectivity index (χ4n) is 2.27. The van der Waals surface area contributed by atoms with Crippen molar-refractivity contribution in [3.63, 3.8) is 0 Å². The van der Waals surface area contributed by atoms with Gasteiger partial charge in [-0.15, -0.1) is 5.10 Å². The molecule has 0 atom stereocenters. The van der Waals surface area contributed by atoms with Crippen LogP contribution in [0.5, 0.6) is 5.75 Å². The minimum atomic E-state index is -0.0821. The molecule has 0 spiro atoms. The molecule has 3 aromatic rings. The zero-order valence-corrected chi connectivity index (χ0v) is 14.9. The van der Waals surface area contributed by atoms with Crippen molar-refractivity contribution in [1.82, 2.24) is 24.9 Å². The lowest BCUT2D eigenvalue weighted by molar-refractivity contribution is -0.118. The van der Waals surface area contributed by atoms with Gasteiger partial charge in [0, 0.05) is 11.4 Å². The average Bonchev–Trinajstić information content (AvgIpc) is 3.01. The number of ether oxygens (including phenoxy) is 1. The summed E-state index contributed by atoms with van der Waals surface area (Å²) in [4.78, 5) is 20.6. The summed E-state index contributed by atoms with van der Waals surface area (Å²) in [5, 5.41) is 7.72. The molecule has 0 unspecified atom stereocenters. The Morgan fingerprint density at radius 1 is 1.24 bits per heavy atom. The Kier molecular flexibility index (Phi) is 5.49. The molecule has 0 aliphatic carbocycles. The molecular formula is C17H19N5O2S. The van der Waals surface area contributed by atoms with E-state index in [2.05, 4.69) is 20.4 Å². The van der Waals surface area contributed by atoms with Gasteiger partial charge in [0.05, 0.1) is 12.3 Å². The number of fused-ring (bicyclic) bond motifs is 1. The number of benzene rings is 1. The topological polar surface area (TPSA) is 81.4 Å². The van der Waals surface area contributed by atoms with Crippen molar-refractivity contribution >= 4 is 23.4 Å². The number of para-hydroxylation sites is 1. The van der Waals surface area contributed by atoms with Crippen molar-refractivity contribution in [2.24, 2.45) is 0 Å². The summed E-state index contributed by atoms with van der Waals surface area (Å²) in [5.74, 6) is 1.51. The van der Waals surface area contributed by atoms with Gasteiger partial charge in [0.1, 0.15) is 12.4 Å². The Hall–Kier alpha value is -2.61. The Balaban J connectivity index is 1.44. The van der Waals surface area contributed by atoms with Crippen LogP contribution in [0, 0.1) is 13.8 Å². The van der Waals surface area contributed by atoms with Gasteiger partial charge in [-0.3, -0.25) is 4.79 Å². The summed E-state index contributed by atoms with van der Waals surface area (Å²) in [6.45, 7) is 4.74. The van der Waals surface area contributed by atoms with E-state index in [-0.39, 0.29) is 11.7 Å². The molecule has 0 radical (unpaired) electrons. The molecule has 8 heteroatoms. The van der Waals surface area contributed by atoms with Crippen LogP contribution in [-0.4, -0.2) is 44.4 Å². The van der Waals surface area contributed by atoms with Gasteiger partial charge in [0.15, 0.2) is 0 Å². The Labute approximate surface area is 149 Å². The monoisotopic (exact) mass is 357 g/mol. The highest BCUT2D eigenvalue weighted by Gasteiger charge is 2.10. The predicted octanol–water partition coefficient (Wildman–Crippen LogP) is 2.03. The van der Waals surface area contributed by atoms with Crippen molar-refractivity contribution in [3.8, 4) is 5.75 Å². The number of nitrogens with zero attached hydrogens (tertiary/aromatic N) is 4. The van der Waals surface area contributed by atoms with Crippen LogP contribution in [0.3, 0.4) is 0 Å². The first-order valence-electron chi connectivity index (χ1n) is 7.90. The van der Waals surface area contributed by atoms with Gasteiger partial charge < -0.3 is 10.1 Å². The third-order valence-electron chi connectivity index (χ3n) is 3.37. The number of nitrogens with one attached hydrogen (secondary N) is 1. The number of rotatable bonds is 7. The zero-order chi connectivity index (χ0) is 17.6. The highest BCUT2D eigenvalue weighted by Crippen LogP contribution is 2.15. The number of hydrogen-bond acceptors (Lipinski definition) is 6. The Bertz CT molecular complexity index is 866. The first-order chi connectivity index (χ1) is 12.1. The predicted molar refractivity (Wildman–Crippen MR) is 95.9 cm³/mol. The minimum absolute atomic E-state index is 0.0821. The van der Waals surface area contributed by atoms with E-state index in [1.54, 1.807) is 4.52 Å². The quantitative estimate of drug-likeness (QED) is 0.515. The molecule has 2 heterocycles. The lowest BCUT2D eigenvalue weighted by Crippen LogP contribution is -2.29. The summed E-state index contributed by atoms with van der Waals surface area (Å²) >= 11 is 1.29. The summed E-state index contributed by atoms with van der Waals surface area (Å²) < 4.78 is 7.21. The van der Waals surface area contributed by atoms with E-state index in [0.717, 1.165) is 17.1 Å². The molecule has 130 valence electrons. The number of carbonyl (C=O) groups excluding carboxylic acids is 1. The first kappa shape index (κ1) is 17.2. The molecule has 0 aliphatic rings. The van der Waals surface area contributed by atoms with E-state index in [1.807, 2.05) is 50.2 Å². The molecule has 0 saturated heterocycles. The summed E-state index contributed by atoms with van der Waals surface area (Å²) in [5.41, 5.74) is 1.86. The molecule has 1 aromatic carbocycles. The van der Waals surface area contributed by atoms with Crippen LogP contribution in [0.1, 0.15) is 11.4 Å². The fourth-order valence-corrected chi connectivity index (χ4v) is 2.91. The zero-order valence-electron chi connectivity index (χ0n) is 14.1. The normalized spacial score (nSPS) is 10.8. The van der Waals surface area contributed by atoms with Gasteiger partial charge in [-0.25, -0.2) is 9.50 Å². The fraction of sp³-hybridized carbons (Fsp3) is 0.294. The van der Waals surface area contributed by atoms with Crippen LogP contribution in [0.4, 0.5) is 0 Å². The van der Waals surface area contributed by atoms with Crippen LogP contribution in [0.2, 0.25) is 0 Å². The largest absolute Gasteiger partial charge is 0.492 e. The number of carbonyl (C=O) groups is 1.